The molecular formula is C14H11Cl2N5OS. The van der Waals surface area contributed by atoms with Crippen molar-refractivity contribution in [2.45, 2.75) is 17.2 Å². The average Bonchev–Trinajstić information content (AvgIpc) is 3.00. The zero-order chi connectivity index (χ0) is 16.4. The Morgan fingerprint density at radius 1 is 1.30 bits per heavy atom. The summed E-state index contributed by atoms with van der Waals surface area (Å²) in [5, 5.41) is 3.96. The lowest BCUT2D eigenvalue weighted by molar-refractivity contribution is -0.115. The van der Waals surface area contributed by atoms with Gasteiger partial charge in [0, 0.05) is 5.02 Å². The van der Waals surface area contributed by atoms with E-state index >= 15 is 0 Å². The summed E-state index contributed by atoms with van der Waals surface area (Å²) in [6, 6.07) is 4.90. The van der Waals surface area contributed by atoms with Crippen LogP contribution in [0, 0.1) is 0 Å². The minimum atomic E-state index is -0.397. The van der Waals surface area contributed by atoms with Crippen molar-refractivity contribution in [1.82, 2.24) is 19.9 Å². The Morgan fingerprint density at radius 3 is 2.96 bits per heavy atom. The van der Waals surface area contributed by atoms with Gasteiger partial charge in [-0.05, 0) is 25.1 Å². The van der Waals surface area contributed by atoms with E-state index in [2.05, 4.69) is 25.3 Å². The summed E-state index contributed by atoms with van der Waals surface area (Å²) in [7, 11) is 0. The van der Waals surface area contributed by atoms with Gasteiger partial charge in [-0.1, -0.05) is 35.0 Å². The second-order valence-corrected chi connectivity index (χ2v) is 6.83. The fourth-order valence-electron chi connectivity index (χ4n) is 1.88. The first kappa shape index (κ1) is 16.0. The van der Waals surface area contributed by atoms with Crippen LogP contribution >= 0.6 is 35.0 Å². The Hall–Kier alpha value is -1.83. The van der Waals surface area contributed by atoms with Crippen LogP contribution in [-0.4, -0.2) is 31.1 Å². The van der Waals surface area contributed by atoms with E-state index in [0.29, 0.717) is 31.9 Å². The van der Waals surface area contributed by atoms with E-state index in [1.165, 1.54) is 18.1 Å². The molecule has 0 spiro atoms. The lowest BCUT2D eigenvalue weighted by Gasteiger charge is -2.13. The van der Waals surface area contributed by atoms with Crippen molar-refractivity contribution in [3.8, 4) is 0 Å². The maximum absolute atomic E-state index is 12.4. The molecule has 0 radical (unpaired) electrons. The monoisotopic (exact) mass is 367 g/mol. The van der Waals surface area contributed by atoms with Crippen LogP contribution in [0.1, 0.15) is 6.92 Å². The molecule has 0 aliphatic rings. The molecule has 0 saturated carbocycles. The van der Waals surface area contributed by atoms with E-state index in [1.807, 2.05) is 0 Å². The molecule has 0 saturated heterocycles. The van der Waals surface area contributed by atoms with Gasteiger partial charge in [0.15, 0.2) is 5.65 Å². The summed E-state index contributed by atoms with van der Waals surface area (Å²) in [6.45, 7) is 1.78. The number of thioether (sulfide) groups is 1. The Bertz CT molecular complexity index is 869. The smallest absolute Gasteiger partial charge is 0.237 e. The van der Waals surface area contributed by atoms with Crippen LogP contribution in [0.2, 0.25) is 10.0 Å². The molecule has 2 heterocycles. The molecule has 118 valence electrons. The Balaban J connectivity index is 1.75. The zero-order valence-electron chi connectivity index (χ0n) is 11.9. The number of carbonyl (C=O) groups is 1. The van der Waals surface area contributed by atoms with E-state index < -0.39 is 5.25 Å². The number of halogens is 2. The molecule has 0 aliphatic heterocycles. The van der Waals surface area contributed by atoms with Gasteiger partial charge in [-0.3, -0.25) is 4.79 Å². The van der Waals surface area contributed by atoms with E-state index in [0.717, 1.165) is 0 Å². The molecule has 0 fully saturated rings. The number of hydrogen-bond donors (Lipinski definition) is 2. The molecule has 9 heteroatoms. The molecule has 1 amide bonds. The van der Waals surface area contributed by atoms with E-state index in [9.17, 15) is 4.79 Å². The number of fused-ring (bicyclic) bond motifs is 1. The van der Waals surface area contributed by atoms with Crippen molar-refractivity contribution in [3.63, 3.8) is 0 Å². The van der Waals surface area contributed by atoms with Gasteiger partial charge in [0.2, 0.25) is 5.91 Å². The molecule has 2 N–H and O–H groups in total. The number of nitrogens with one attached hydrogen (secondary N) is 2. The molecule has 3 aromatic rings. The number of benzene rings is 1. The topological polar surface area (TPSA) is 83.6 Å². The molecule has 3 rings (SSSR count). The number of rotatable bonds is 4. The van der Waals surface area contributed by atoms with Crippen molar-refractivity contribution in [2.24, 2.45) is 0 Å². The number of amides is 1. The minimum absolute atomic E-state index is 0.203. The van der Waals surface area contributed by atoms with Crippen LogP contribution in [0.3, 0.4) is 0 Å². The Labute approximate surface area is 146 Å². The van der Waals surface area contributed by atoms with Gasteiger partial charge in [0.25, 0.3) is 0 Å². The first-order valence-electron chi connectivity index (χ1n) is 6.61. The van der Waals surface area contributed by atoms with Crippen molar-refractivity contribution in [2.75, 3.05) is 5.32 Å². The highest BCUT2D eigenvalue weighted by Crippen LogP contribution is 2.29. The van der Waals surface area contributed by atoms with Crippen LogP contribution in [-0.2, 0) is 4.79 Å². The number of carbonyl (C=O) groups excluding carboxylic acids is 1. The van der Waals surface area contributed by atoms with E-state index in [1.54, 1.807) is 31.5 Å². The standard InChI is InChI=1S/C14H11Cl2N5OS/c1-7(13(22)21-10-4-8(15)2-3-9(10)16)23-14-11-12(18-5-17-11)19-6-20-14/h2-7H,1H3,(H,21,22)(H,17,18,19,20)/t7-/m0/s1. The van der Waals surface area contributed by atoms with Gasteiger partial charge in [-0.2, -0.15) is 0 Å². The predicted octanol–water partition coefficient (Wildman–Crippen LogP) is 3.78. The fourth-order valence-corrected chi connectivity index (χ4v) is 3.09. The van der Waals surface area contributed by atoms with Crippen LogP contribution in [0.5, 0.6) is 0 Å². The van der Waals surface area contributed by atoms with Crippen molar-refractivity contribution in [3.05, 3.63) is 40.9 Å². The average molecular weight is 368 g/mol. The maximum Gasteiger partial charge on any atom is 0.237 e. The first-order chi connectivity index (χ1) is 11.0. The lowest BCUT2D eigenvalue weighted by Crippen LogP contribution is -2.22. The number of nitrogens with zero attached hydrogens (tertiary/aromatic N) is 3. The van der Waals surface area contributed by atoms with Gasteiger partial charge in [0.05, 0.1) is 22.3 Å². The Kier molecular flexibility index (Phi) is 4.70. The molecule has 1 aromatic carbocycles. The highest BCUT2D eigenvalue weighted by Gasteiger charge is 2.18. The summed E-state index contributed by atoms with van der Waals surface area (Å²) in [5.74, 6) is -0.203. The number of hydrogen-bond acceptors (Lipinski definition) is 5. The molecule has 0 bridgehead atoms. The summed E-state index contributed by atoms with van der Waals surface area (Å²) in [5.41, 5.74) is 1.75. The molecule has 0 unspecified atom stereocenters. The van der Waals surface area contributed by atoms with Crippen LogP contribution in [0.25, 0.3) is 11.2 Å². The summed E-state index contributed by atoms with van der Waals surface area (Å²) < 4.78 is 0. The van der Waals surface area contributed by atoms with Crippen LogP contribution in [0.15, 0.2) is 35.9 Å². The maximum atomic E-state index is 12.4. The third-order valence-electron chi connectivity index (χ3n) is 3.03. The number of aromatic amines is 1. The number of anilines is 1. The minimum Gasteiger partial charge on any atom is -0.341 e. The third kappa shape index (κ3) is 3.57. The van der Waals surface area contributed by atoms with E-state index in [-0.39, 0.29) is 5.91 Å². The lowest BCUT2D eigenvalue weighted by atomic mass is 10.3. The quantitative estimate of drug-likeness (QED) is 0.541. The Morgan fingerprint density at radius 2 is 2.13 bits per heavy atom. The molecule has 6 nitrogen and oxygen atoms in total. The molecular weight excluding hydrogens is 357 g/mol. The summed E-state index contributed by atoms with van der Waals surface area (Å²) >= 11 is 13.3. The van der Waals surface area contributed by atoms with Crippen molar-refractivity contribution < 1.29 is 4.79 Å². The molecule has 0 aliphatic carbocycles. The predicted molar refractivity (Wildman–Crippen MR) is 92.1 cm³/mol. The number of H-pyrrole nitrogens is 1. The fraction of sp³-hybridized carbons (Fsp3) is 0.143. The largest absolute Gasteiger partial charge is 0.341 e. The van der Waals surface area contributed by atoms with Crippen LogP contribution in [0.4, 0.5) is 5.69 Å². The molecule has 1 atom stereocenters. The van der Waals surface area contributed by atoms with E-state index in [4.69, 9.17) is 23.2 Å². The van der Waals surface area contributed by atoms with Gasteiger partial charge in [-0.15, -0.1) is 0 Å². The SMILES string of the molecule is C[C@H](Sc1ncnc2nc[nH]c12)C(=O)Nc1cc(Cl)ccc1Cl. The van der Waals surface area contributed by atoms with Crippen molar-refractivity contribution in [1.29, 1.82) is 0 Å². The van der Waals surface area contributed by atoms with Gasteiger partial charge in [-0.25, -0.2) is 15.0 Å². The van der Waals surface area contributed by atoms with Crippen LogP contribution < -0.4 is 5.32 Å². The normalized spacial score (nSPS) is 12.3. The van der Waals surface area contributed by atoms with Gasteiger partial charge >= 0.3 is 0 Å². The highest BCUT2D eigenvalue weighted by atomic mass is 35.5. The zero-order valence-corrected chi connectivity index (χ0v) is 14.2. The van der Waals surface area contributed by atoms with Gasteiger partial charge < -0.3 is 10.3 Å². The summed E-state index contributed by atoms with van der Waals surface area (Å²) in [4.78, 5) is 27.6. The summed E-state index contributed by atoms with van der Waals surface area (Å²) in [6.07, 6.45) is 2.96. The third-order valence-corrected chi connectivity index (χ3v) is 4.70. The number of aromatic nitrogens is 4. The second kappa shape index (κ2) is 6.74. The highest BCUT2D eigenvalue weighted by molar-refractivity contribution is 8.00. The van der Waals surface area contributed by atoms with Crippen molar-refractivity contribution >= 4 is 57.7 Å². The molecule has 23 heavy (non-hydrogen) atoms. The van der Waals surface area contributed by atoms with Gasteiger partial charge in [0.1, 0.15) is 16.9 Å². The second-order valence-electron chi connectivity index (χ2n) is 4.65. The first-order valence-corrected chi connectivity index (χ1v) is 8.25. The number of imidazole rings is 1. The molecule has 2 aromatic heterocycles.